The first-order valence-corrected chi connectivity index (χ1v) is 14.3. The smallest absolute Gasteiger partial charge is 0.185 e. The lowest BCUT2D eigenvalue weighted by atomic mass is 9.93. The van der Waals surface area contributed by atoms with Gasteiger partial charge in [0.2, 0.25) is 0 Å². The van der Waals surface area contributed by atoms with Crippen LogP contribution in [0.25, 0.3) is 5.57 Å². The van der Waals surface area contributed by atoms with Crippen LogP contribution in [0.15, 0.2) is 114 Å². The normalized spacial score (nSPS) is 22.1. The molecule has 5 rings (SSSR count). The fourth-order valence-electron chi connectivity index (χ4n) is 5.52. The van der Waals surface area contributed by atoms with Gasteiger partial charge in [-0.2, -0.15) is 0 Å². The second kappa shape index (κ2) is 12.9. The first-order valence-electron chi connectivity index (χ1n) is 14.3. The van der Waals surface area contributed by atoms with Gasteiger partial charge in [0, 0.05) is 30.4 Å². The summed E-state index contributed by atoms with van der Waals surface area (Å²) >= 11 is 0. The fraction of sp³-hybridized carbons (Fsp3) is 0.314. The van der Waals surface area contributed by atoms with Crippen LogP contribution in [-0.4, -0.2) is 29.4 Å². The van der Waals surface area contributed by atoms with Gasteiger partial charge >= 0.3 is 0 Å². The van der Waals surface area contributed by atoms with E-state index in [0.29, 0.717) is 18.7 Å². The van der Waals surface area contributed by atoms with Crippen molar-refractivity contribution in [3.8, 4) is 0 Å². The highest BCUT2D eigenvalue weighted by molar-refractivity contribution is 6.05. The number of carbonyl (C=O) groups is 1. The Hall–Kier alpha value is -4.05. The molecule has 1 saturated heterocycles. The van der Waals surface area contributed by atoms with Crippen molar-refractivity contribution in [2.45, 2.75) is 64.6 Å². The third-order valence-corrected chi connectivity index (χ3v) is 7.74. The topological polar surface area (TPSA) is 67.6 Å². The SMILES string of the molecule is CC1CC/C(=C/C(=O)c2ccc(C3=CC(OCC4=CC=C=CN4Cc4ccccc4)=C(N)CC3)cc2)CC(C)N1. The van der Waals surface area contributed by atoms with E-state index in [0.717, 1.165) is 72.5 Å². The van der Waals surface area contributed by atoms with Crippen molar-refractivity contribution in [3.05, 3.63) is 130 Å². The van der Waals surface area contributed by atoms with Crippen LogP contribution in [0.4, 0.5) is 0 Å². The van der Waals surface area contributed by atoms with Crippen molar-refractivity contribution < 1.29 is 9.53 Å². The molecule has 1 aliphatic carbocycles. The molecule has 5 nitrogen and oxygen atoms in total. The van der Waals surface area contributed by atoms with Crippen molar-refractivity contribution in [1.82, 2.24) is 10.2 Å². The molecule has 2 heterocycles. The highest BCUT2D eigenvalue weighted by Crippen LogP contribution is 2.30. The van der Waals surface area contributed by atoms with Gasteiger partial charge in [-0.1, -0.05) is 60.2 Å². The van der Waals surface area contributed by atoms with Crippen LogP contribution in [-0.2, 0) is 11.3 Å². The van der Waals surface area contributed by atoms with Crippen molar-refractivity contribution in [2.24, 2.45) is 5.73 Å². The first-order chi connectivity index (χ1) is 19.4. The van der Waals surface area contributed by atoms with Gasteiger partial charge < -0.3 is 20.7 Å². The number of benzene rings is 2. The number of allylic oxidation sites excluding steroid dienone is 6. The van der Waals surface area contributed by atoms with Gasteiger partial charge in [-0.05, 0) is 87.0 Å². The van der Waals surface area contributed by atoms with E-state index in [-0.39, 0.29) is 5.78 Å². The molecule has 3 aliphatic rings. The molecule has 0 spiro atoms. The Labute approximate surface area is 238 Å². The summed E-state index contributed by atoms with van der Waals surface area (Å²) in [6.45, 7) is 5.56. The molecule has 2 unspecified atom stereocenters. The molecule has 0 saturated carbocycles. The standard InChI is InChI=1S/C35H39N3O2/c1-25-11-12-28(20-26(2)37-25)21-34(39)30-15-13-29(14-16-30)31-17-18-33(36)35(22-31)40-24-32-10-6-7-19-38(32)23-27-8-4-3-5-9-27/h3-6,8-10,13-16,19,21-22,25-26,37H,11-12,17-18,20,23-24,36H2,1-2H3/b28-21-. The third-order valence-electron chi connectivity index (χ3n) is 7.74. The van der Waals surface area contributed by atoms with Crippen LogP contribution in [0.2, 0.25) is 0 Å². The van der Waals surface area contributed by atoms with Crippen LogP contribution in [0.1, 0.15) is 67.4 Å². The van der Waals surface area contributed by atoms with Crippen LogP contribution in [0.5, 0.6) is 0 Å². The summed E-state index contributed by atoms with van der Waals surface area (Å²) in [6.07, 6.45) is 14.3. The number of rotatable bonds is 8. The van der Waals surface area contributed by atoms with Gasteiger partial charge in [-0.25, -0.2) is 0 Å². The summed E-state index contributed by atoms with van der Waals surface area (Å²) in [5.41, 5.74) is 16.8. The molecule has 0 radical (unpaired) electrons. The molecule has 2 aliphatic heterocycles. The van der Waals surface area contributed by atoms with Crippen LogP contribution >= 0.6 is 0 Å². The lowest BCUT2D eigenvalue weighted by Gasteiger charge is -2.26. The minimum Gasteiger partial charge on any atom is -0.486 e. The average Bonchev–Trinajstić information content (AvgIpc) is 3.12. The van der Waals surface area contributed by atoms with Crippen molar-refractivity contribution in [2.75, 3.05) is 6.61 Å². The molecule has 5 heteroatoms. The average molecular weight is 534 g/mol. The molecule has 2 aromatic carbocycles. The second-order valence-corrected chi connectivity index (χ2v) is 11.0. The summed E-state index contributed by atoms with van der Waals surface area (Å²) in [7, 11) is 0. The predicted molar refractivity (Wildman–Crippen MR) is 162 cm³/mol. The highest BCUT2D eigenvalue weighted by atomic mass is 16.5. The van der Waals surface area contributed by atoms with Gasteiger partial charge in [0.1, 0.15) is 12.4 Å². The molecule has 2 atom stereocenters. The van der Waals surface area contributed by atoms with E-state index in [2.05, 4.69) is 60.1 Å². The minimum absolute atomic E-state index is 0.0815. The number of carbonyl (C=O) groups excluding carboxylic acids is 1. The summed E-state index contributed by atoms with van der Waals surface area (Å²) < 4.78 is 6.26. The quantitative estimate of drug-likeness (QED) is 0.222. The minimum atomic E-state index is 0.0815. The van der Waals surface area contributed by atoms with Crippen LogP contribution in [0.3, 0.4) is 0 Å². The van der Waals surface area contributed by atoms with E-state index in [9.17, 15) is 4.79 Å². The molecule has 40 heavy (non-hydrogen) atoms. The Kier molecular flexibility index (Phi) is 8.85. The molecule has 0 aromatic heterocycles. The van der Waals surface area contributed by atoms with Crippen molar-refractivity contribution in [3.63, 3.8) is 0 Å². The lowest BCUT2D eigenvalue weighted by Crippen LogP contribution is -2.32. The summed E-state index contributed by atoms with van der Waals surface area (Å²) in [5, 5.41) is 3.58. The Bertz CT molecular complexity index is 1410. The molecular formula is C35H39N3O2. The molecule has 2 aromatic rings. The number of hydrogen-bond acceptors (Lipinski definition) is 5. The molecule has 1 fully saturated rings. The molecule has 0 bridgehead atoms. The van der Waals surface area contributed by atoms with Gasteiger partial charge in [0.15, 0.2) is 5.78 Å². The number of ketones is 1. The number of nitrogens with two attached hydrogens (primary N) is 1. The third kappa shape index (κ3) is 7.12. The van der Waals surface area contributed by atoms with Crippen LogP contribution in [0, 0.1) is 0 Å². The monoisotopic (exact) mass is 533 g/mol. The van der Waals surface area contributed by atoms with E-state index in [1.807, 2.05) is 54.8 Å². The van der Waals surface area contributed by atoms with Crippen LogP contribution < -0.4 is 11.1 Å². The summed E-state index contributed by atoms with van der Waals surface area (Å²) in [6, 6.07) is 19.2. The van der Waals surface area contributed by atoms with Gasteiger partial charge in [0.05, 0.1) is 11.4 Å². The Balaban J connectivity index is 1.23. The number of hydrogen-bond donors (Lipinski definition) is 2. The number of nitrogens with zero attached hydrogens (tertiary/aromatic N) is 1. The number of ether oxygens (including phenoxy) is 1. The zero-order valence-electron chi connectivity index (χ0n) is 23.5. The highest BCUT2D eigenvalue weighted by Gasteiger charge is 2.18. The Morgan fingerprint density at radius 3 is 2.67 bits per heavy atom. The summed E-state index contributed by atoms with van der Waals surface area (Å²) in [5.74, 6) is 0.800. The molecule has 0 amide bonds. The zero-order valence-corrected chi connectivity index (χ0v) is 23.5. The van der Waals surface area contributed by atoms with Gasteiger partial charge in [-0.3, -0.25) is 4.79 Å². The summed E-state index contributed by atoms with van der Waals surface area (Å²) in [4.78, 5) is 15.1. The van der Waals surface area contributed by atoms with Crippen molar-refractivity contribution >= 4 is 11.4 Å². The molecule has 3 N–H and O–H groups in total. The second-order valence-electron chi connectivity index (χ2n) is 11.0. The lowest BCUT2D eigenvalue weighted by molar-refractivity contribution is 0.104. The maximum atomic E-state index is 13.0. The van der Waals surface area contributed by atoms with E-state index < -0.39 is 0 Å². The Morgan fingerprint density at radius 1 is 1.07 bits per heavy atom. The van der Waals surface area contributed by atoms with Gasteiger partial charge in [0.25, 0.3) is 0 Å². The van der Waals surface area contributed by atoms with E-state index in [4.69, 9.17) is 10.5 Å². The maximum absolute atomic E-state index is 13.0. The van der Waals surface area contributed by atoms with Crippen molar-refractivity contribution in [1.29, 1.82) is 0 Å². The first kappa shape index (κ1) is 27.5. The van der Waals surface area contributed by atoms with Gasteiger partial charge in [-0.15, -0.1) is 5.73 Å². The fourth-order valence-corrected chi connectivity index (χ4v) is 5.52. The predicted octanol–water partition coefficient (Wildman–Crippen LogP) is 6.78. The Morgan fingerprint density at radius 2 is 1.88 bits per heavy atom. The van der Waals surface area contributed by atoms with E-state index >= 15 is 0 Å². The maximum Gasteiger partial charge on any atom is 0.185 e. The zero-order chi connectivity index (χ0) is 27.9. The van der Waals surface area contributed by atoms with E-state index in [1.165, 1.54) is 11.1 Å². The largest absolute Gasteiger partial charge is 0.486 e. The molecular weight excluding hydrogens is 494 g/mol. The van der Waals surface area contributed by atoms with E-state index in [1.54, 1.807) is 0 Å². The molecule has 206 valence electrons. The number of nitrogens with one attached hydrogen (secondary N) is 1.